The molecule has 0 saturated heterocycles. The van der Waals surface area contributed by atoms with E-state index in [2.05, 4.69) is 20.5 Å². The summed E-state index contributed by atoms with van der Waals surface area (Å²) in [6, 6.07) is 8.52. The number of nitrogens with one attached hydrogen (secondary N) is 2. The van der Waals surface area contributed by atoms with Gasteiger partial charge in [0.15, 0.2) is 0 Å². The zero-order valence-electron chi connectivity index (χ0n) is 12.4. The second-order valence-electron chi connectivity index (χ2n) is 4.93. The lowest BCUT2D eigenvalue weighted by Gasteiger charge is -2.05. The number of carbonyl (C=O) groups is 1. The topological polar surface area (TPSA) is 101 Å². The molecule has 0 atom stereocenters. The lowest BCUT2D eigenvalue weighted by Crippen LogP contribution is -2.29. The maximum atomic E-state index is 12.2. The van der Waals surface area contributed by atoms with Gasteiger partial charge in [0.05, 0.1) is 12.2 Å². The highest BCUT2D eigenvalue weighted by Crippen LogP contribution is 2.14. The van der Waals surface area contributed by atoms with Gasteiger partial charge in [-0.25, -0.2) is 5.10 Å². The molecule has 23 heavy (non-hydrogen) atoms. The highest BCUT2D eigenvalue weighted by Gasteiger charge is 2.13. The molecule has 3 heterocycles. The molecular formula is C16H14N4O3. The van der Waals surface area contributed by atoms with Crippen LogP contribution in [0.1, 0.15) is 21.9 Å². The molecule has 0 aliphatic rings. The molecule has 7 heteroatoms. The lowest BCUT2D eigenvalue weighted by atomic mass is 10.1. The van der Waals surface area contributed by atoms with Crippen molar-refractivity contribution in [2.45, 2.75) is 13.5 Å². The maximum absolute atomic E-state index is 12.2. The Hall–Kier alpha value is -3.22. The van der Waals surface area contributed by atoms with Crippen molar-refractivity contribution in [1.82, 2.24) is 20.5 Å². The van der Waals surface area contributed by atoms with Gasteiger partial charge in [0.1, 0.15) is 17.1 Å². The Bertz CT molecular complexity index is 884. The number of rotatable bonds is 4. The van der Waals surface area contributed by atoms with Crippen LogP contribution in [0.25, 0.3) is 11.3 Å². The number of amides is 1. The SMILES string of the molecule is Cc1ccc(CNC(=O)c2cc(-c3ccncc3)n[nH]c2=O)o1. The summed E-state index contributed by atoms with van der Waals surface area (Å²) in [7, 11) is 0. The fraction of sp³-hybridized carbons (Fsp3) is 0.125. The monoisotopic (exact) mass is 310 g/mol. The fourth-order valence-electron chi connectivity index (χ4n) is 2.09. The molecule has 0 aliphatic carbocycles. The van der Waals surface area contributed by atoms with Crippen molar-refractivity contribution < 1.29 is 9.21 Å². The first-order valence-electron chi connectivity index (χ1n) is 6.97. The number of aromatic nitrogens is 3. The van der Waals surface area contributed by atoms with Gasteiger partial charge in [-0.1, -0.05) is 0 Å². The Morgan fingerprint density at radius 1 is 1.26 bits per heavy atom. The molecule has 3 aromatic rings. The Labute approximate surface area is 131 Å². The maximum Gasteiger partial charge on any atom is 0.277 e. The summed E-state index contributed by atoms with van der Waals surface area (Å²) >= 11 is 0. The van der Waals surface area contributed by atoms with E-state index < -0.39 is 11.5 Å². The Kier molecular flexibility index (Phi) is 4.01. The summed E-state index contributed by atoms with van der Waals surface area (Å²) in [6.07, 6.45) is 3.22. The number of aryl methyl sites for hydroxylation is 1. The molecule has 0 aromatic carbocycles. The van der Waals surface area contributed by atoms with E-state index in [1.807, 2.05) is 13.0 Å². The van der Waals surface area contributed by atoms with Crippen LogP contribution in [0.4, 0.5) is 0 Å². The largest absolute Gasteiger partial charge is 0.465 e. The number of nitrogens with zero attached hydrogens (tertiary/aromatic N) is 2. The number of furan rings is 1. The van der Waals surface area contributed by atoms with E-state index in [9.17, 15) is 9.59 Å². The van der Waals surface area contributed by atoms with Gasteiger partial charge in [-0.15, -0.1) is 0 Å². The summed E-state index contributed by atoms with van der Waals surface area (Å²) in [4.78, 5) is 28.0. The second-order valence-corrected chi connectivity index (χ2v) is 4.93. The minimum absolute atomic E-state index is 0.00455. The van der Waals surface area contributed by atoms with Gasteiger partial charge in [-0.2, -0.15) is 5.10 Å². The summed E-state index contributed by atoms with van der Waals surface area (Å²) in [5.41, 5.74) is 0.698. The molecule has 1 amide bonds. The number of aromatic amines is 1. The zero-order valence-corrected chi connectivity index (χ0v) is 12.4. The van der Waals surface area contributed by atoms with E-state index in [4.69, 9.17) is 4.42 Å². The summed E-state index contributed by atoms with van der Waals surface area (Å²) in [6.45, 7) is 2.03. The van der Waals surface area contributed by atoms with Gasteiger partial charge in [0, 0.05) is 18.0 Å². The van der Waals surface area contributed by atoms with Crippen LogP contribution in [0.3, 0.4) is 0 Å². The van der Waals surface area contributed by atoms with Crippen molar-refractivity contribution in [3.63, 3.8) is 0 Å². The smallest absolute Gasteiger partial charge is 0.277 e. The molecule has 3 rings (SSSR count). The number of hydrogen-bond acceptors (Lipinski definition) is 5. The molecule has 0 spiro atoms. The van der Waals surface area contributed by atoms with E-state index in [1.54, 1.807) is 30.6 Å². The van der Waals surface area contributed by atoms with E-state index in [0.717, 1.165) is 11.3 Å². The van der Waals surface area contributed by atoms with Crippen molar-refractivity contribution >= 4 is 5.91 Å². The highest BCUT2D eigenvalue weighted by atomic mass is 16.3. The van der Waals surface area contributed by atoms with Crippen molar-refractivity contribution in [3.8, 4) is 11.3 Å². The van der Waals surface area contributed by atoms with Gasteiger partial charge >= 0.3 is 0 Å². The van der Waals surface area contributed by atoms with Gasteiger partial charge in [0.2, 0.25) is 0 Å². The normalized spacial score (nSPS) is 10.5. The Morgan fingerprint density at radius 2 is 2.04 bits per heavy atom. The molecular weight excluding hydrogens is 296 g/mol. The molecule has 0 radical (unpaired) electrons. The summed E-state index contributed by atoms with van der Waals surface area (Å²) < 4.78 is 5.37. The molecule has 2 N–H and O–H groups in total. The average Bonchev–Trinajstić information content (AvgIpc) is 2.99. The zero-order chi connectivity index (χ0) is 16.2. The Morgan fingerprint density at radius 3 is 2.74 bits per heavy atom. The predicted octanol–water partition coefficient (Wildman–Crippen LogP) is 1.66. The molecule has 0 saturated carbocycles. The standard InChI is InChI=1S/C16H14N4O3/c1-10-2-3-12(23-10)9-18-15(21)13-8-14(19-20-16(13)22)11-4-6-17-7-5-11/h2-8H,9H2,1H3,(H,18,21)(H,20,22). The summed E-state index contributed by atoms with van der Waals surface area (Å²) in [5.74, 6) is 0.893. The van der Waals surface area contributed by atoms with Crippen LogP contribution in [0, 0.1) is 6.92 Å². The van der Waals surface area contributed by atoms with E-state index in [-0.39, 0.29) is 12.1 Å². The first-order chi connectivity index (χ1) is 11.1. The molecule has 0 unspecified atom stereocenters. The van der Waals surface area contributed by atoms with Crippen LogP contribution < -0.4 is 10.9 Å². The van der Waals surface area contributed by atoms with Gasteiger partial charge in [-0.3, -0.25) is 14.6 Å². The van der Waals surface area contributed by atoms with Crippen molar-refractivity contribution in [2.75, 3.05) is 0 Å². The summed E-state index contributed by atoms with van der Waals surface area (Å²) in [5, 5.41) is 8.94. The first kappa shape index (κ1) is 14.7. The van der Waals surface area contributed by atoms with Crippen molar-refractivity contribution in [3.05, 3.63) is 70.2 Å². The van der Waals surface area contributed by atoms with Gasteiger partial charge in [-0.05, 0) is 37.3 Å². The molecule has 7 nitrogen and oxygen atoms in total. The number of H-pyrrole nitrogens is 1. The van der Waals surface area contributed by atoms with E-state index in [0.29, 0.717) is 11.5 Å². The van der Waals surface area contributed by atoms with Crippen LogP contribution in [-0.4, -0.2) is 21.1 Å². The predicted molar refractivity (Wildman–Crippen MR) is 82.7 cm³/mol. The number of hydrogen-bond donors (Lipinski definition) is 2. The molecule has 0 fully saturated rings. The van der Waals surface area contributed by atoms with E-state index >= 15 is 0 Å². The molecule has 3 aromatic heterocycles. The van der Waals surface area contributed by atoms with Crippen molar-refractivity contribution in [1.29, 1.82) is 0 Å². The third kappa shape index (κ3) is 3.34. The highest BCUT2D eigenvalue weighted by molar-refractivity contribution is 5.94. The van der Waals surface area contributed by atoms with Crippen LogP contribution in [0.5, 0.6) is 0 Å². The van der Waals surface area contributed by atoms with Crippen LogP contribution >= 0.6 is 0 Å². The minimum atomic E-state index is -0.545. The molecule has 116 valence electrons. The average molecular weight is 310 g/mol. The number of carbonyl (C=O) groups excluding carboxylic acids is 1. The molecule has 0 bridgehead atoms. The third-order valence-corrected chi connectivity index (χ3v) is 3.24. The van der Waals surface area contributed by atoms with Crippen molar-refractivity contribution in [2.24, 2.45) is 0 Å². The lowest BCUT2D eigenvalue weighted by molar-refractivity contribution is 0.0946. The van der Waals surface area contributed by atoms with Crippen LogP contribution in [0.15, 0.2) is 51.9 Å². The van der Waals surface area contributed by atoms with Gasteiger partial charge < -0.3 is 9.73 Å². The second kappa shape index (κ2) is 6.27. The molecule has 0 aliphatic heterocycles. The van der Waals surface area contributed by atoms with E-state index in [1.165, 1.54) is 6.07 Å². The van der Waals surface area contributed by atoms with Crippen LogP contribution in [0.2, 0.25) is 0 Å². The number of pyridine rings is 1. The fourth-order valence-corrected chi connectivity index (χ4v) is 2.09. The first-order valence-corrected chi connectivity index (χ1v) is 6.97. The minimum Gasteiger partial charge on any atom is -0.465 e. The quantitative estimate of drug-likeness (QED) is 0.763. The van der Waals surface area contributed by atoms with Gasteiger partial charge in [0.25, 0.3) is 11.5 Å². The van der Waals surface area contributed by atoms with Crippen LogP contribution in [-0.2, 0) is 6.54 Å². The Balaban J connectivity index is 1.81. The third-order valence-electron chi connectivity index (χ3n) is 3.24.